The third kappa shape index (κ3) is 16.5. The second-order valence-electron chi connectivity index (χ2n) is 21.2. The summed E-state index contributed by atoms with van der Waals surface area (Å²) in [7, 11) is -5.34. The Morgan fingerprint density at radius 1 is 0.762 bits per heavy atom. The number of aliphatic hydroxyl groups excluding tert-OH is 8. The number of ether oxygens (including phenoxy) is 1. The summed E-state index contributed by atoms with van der Waals surface area (Å²) in [5.74, 6) is -13.2. The lowest BCUT2D eigenvalue weighted by atomic mass is 9.96. The van der Waals surface area contributed by atoms with E-state index < -0.39 is 198 Å². The van der Waals surface area contributed by atoms with Gasteiger partial charge in [-0.1, -0.05) is 57.7 Å². The molecule has 0 spiro atoms. The molecule has 84 heavy (non-hydrogen) atoms. The molecule has 3 aromatic carbocycles. The first-order valence-electron chi connectivity index (χ1n) is 27.0. The van der Waals surface area contributed by atoms with Gasteiger partial charge in [0.2, 0.25) is 41.4 Å². The van der Waals surface area contributed by atoms with Crippen molar-refractivity contribution >= 4 is 68.4 Å². The molecule has 0 bridgehead atoms. The normalized spacial score (nSPS) is 27.4. The van der Waals surface area contributed by atoms with Gasteiger partial charge >= 0.3 is 10.4 Å². The number of phenols is 1. The van der Waals surface area contributed by atoms with Crippen LogP contribution in [0.4, 0.5) is 0 Å². The van der Waals surface area contributed by atoms with E-state index >= 15 is 0 Å². The Bertz CT molecular complexity index is 3030. The number of fused-ring (bicyclic) bond motifs is 3. The fourth-order valence-corrected chi connectivity index (χ4v) is 10.5. The van der Waals surface area contributed by atoms with Crippen molar-refractivity contribution in [3.8, 4) is 17.2 Å². The van der Waals surface area contributed by atoms with Crippen molar-refractivity contribution in [1.29, 1.82) is 0 Å². The minimum Gasteiger partial charge on any atom is -0.504 e. The fourth-order valence-electron chi connectivity index (χ4n) is 10.1. The first-order chi connectivity index (χ1) is 39.5. The van der Waals surface area contributed by atoms with E-state index in [0.717, 1.165) is 51.2 Å². The minimum atomic E-state index is -5.34. The summed E-state index contributed by atoms with van der Waals surface area (Å²) < 4.78 is 42.6. The fraction of sp³-hybridized carbons (Fsp3) is 0.547. The molecule has 3 saturated heterocycles. The van der Waals surface area contributed by atoms with E-state index in [1.165, 1.54) is 19.1 Å². The summed E-state index contributed by atoms with van der Waals surface area (Å²) in [5.41, 5.74) is 4.71. The van der Waals surface area contributed by atoms with E-state index in [2.05, 4.69) is 27.1 Å². The van der Waals surface area contributed by atoms with Gasteiger partial charge in [-0.05, 0) is 66.1 Å². The van der Waals surface area contributed by atoms with Crippen molar-refractivity contribution < 1.29 is 106 Å². The average molecular weight is 1210 g/mol. The maximum Gasteiger partial charge on any atom is 0.446 e. The lowest BCUT2D eigenvalue weighted by molar-refractivity contribution is -0.149. The number of benzene rings is 3. The lowest BCUT2D eigenvalue weighted by Gasteiger charge is -2.34. The maximum absolute atomic E-state index is 14.6. The predicted molar refractivity (Wildman–Crippen MR) is 290 cm³/mol. The van der Waals surface area contributed by atoms with E-state index in [1.807, 2.05) is 10.6 Å². The molecule has 3 aliphatic rings. The van der Waals surface area contributed by atoms with Crippen LogP contribution >= 0.6 is 0 Å². The van der Waals surface area contributed by atoms with E-state index in [-0.39, 0.29) is 5.56 Å². The zero-order chi connectivity index (χ0) is 62.1. The van der Waals surface area contributed by atoms with Crippen LogP contribution in [0.1, 0.15) is 94.2 Å². The molecule has 15 atom stereocenters. The van der Waals surface area contributed by atoms with Crippen LogP contribution in [-0.2, 0) is 44.0 Å². The molecule has 3 aliphatic heterocycles. The van der Waals surface area contributed by atoms with Gasteiger partial charge < -0.3 is 97.0 Å². The molecule has 1 unspecified atom stereocenters. The van der Waals surface area contributed by atoms with Crippen LogP contribution in [0.25, 0.3) is 10.8 Å². The number of phenolic OH excluding ortho intramolecular Hbond substituents is 1. The van der Waals surface area contributed by atoms with Crippen molar-refractivity contribution in [2.75, 3.05) is 19.7 Å². The van der Waals surface area contributed by atoms with Gasteiger partial charge in [0.25, 0.3) is 5.91 Å². The van der Waals surface area contributed by atoms with Crippen LogP contribution in [0.5, 0.6) is 17.2 Å². The van der Waals surface area contributed by atoms with Crippen LogP contribution in [0.2, 0.25) is 0 Å². The molecule has 6 rings (SSSR count). The molecule has 0 saturated carbocycles. The molecule has 3 aromatic rings. The highest BCUT2D eigenvalue weighted by Crippen LogP contribution is 2.33. The monoisotopic (exact) mass is 1200 g/mol. The number of carbonyl (C=O) groups excluding carboxylic acids is 8. The number of rotatable bonds is 18. The largest absolute Gasteiger partial charge is 0.504 e. The smallest absolute Gasteiger partial charge is 0.446 e. The number of aromatic hydroxyl groups is 1. The number of hydrogen-bond acceptors (Lipinski definition) is 21. The zero-order valence-corrected chi connectivity index (χ0v) is 46.7. The number of unbranched alkanes of at least 4 members (excludes halogenated alkanes) is 4. The second-order valence-corrected chi connectivity index (χ2v) is 22.2. The Balaban J connectivity index is 1.40. The van der Waals surface area contributed by atoms with Gasteiger partial charge in [-0.25, -0.2) is 0 Å². The number of nitrogens with zero attached hydrogens (tertiary/aromatic N) is 2. The van der Waals surface area contributed by atoms with E-state index in [9.17, 15) is 97.3 Å². The quantitative estimate of drug-likeness (QED) is 0.0423. The highest BCUT2D eigenvalue weighted by molar-refractivity contribution is 7.81. The van der Waals surface area contributed by atoms with Crippen LogP contribution in [0, 0.1) is 5.92 Å². The first-order valence-corrected chi connectivity index (χ1v) is 28.4. The van der Waals surface area contributed by atoms with Gasteiger partial charge in [0, 0.05) is 37.4 Å². The van der Waals surface area contributed by atoms with E-state index in [4.69, 9.17) is 10.5 Å². The summed E-state index contributed by atoms with van der Waals surface area (Å²) in [5, 5.41) is 113. The molecule has 30 nitrogen and oxygen atoms in total. The molecule has 0 radical (unpaired) electrons. The van der Waals surface area contributed by atoms with Crippen molar-refractivity contribution in [3.63, 3.8) is 0 Å². The molecule has 17 N–H and O–H groups in total. The van der Waals surface area contributed by atoms with Crippen molar-refractivity contribution in [2.24, 2.45) is 11.7 Å². The van der Waals surface area contributed by atoms with Gasteiger partial charge in [-0.2, -0.15) is 8.42 Å². The molecular formula is C53H72N8O22S. The summed E-state index contributed by atoms with van der Waals surface area (Å²) in [6.45, 7) is 3.73. The summed E-state index contributed by atoms with van der Waals surface area (Å²) in [4.78, 5) is 114. The first kappa shape index (κ1) is 65.8. The Kier molecular flexibility index (Phi) is 22.3. The van der Waals surface area contributed by atoms with Gasteiger partial charge in [0.05, 0.1) is 37.4 Å². The lowest BCUT2D eigenvalue weighted by Crippen LogP contribution is -2.64. The highest BCUT2D eigenvalue weighted by Gasteiger charge is 2.51. The predicted octanol–water partition coefficient (Wildman–Crippen LogP) is -4.29. The van der Waals surface area contributed by atoms with E-state index in [0.29, 0.717) is 39.0 Å². The number of nitrogens with two attached hydrogens (primary N) is 1. The molecule has 31 heteroatoms. The minimum absolute atomic E-state index is 0.0371. The summed E-state index contributed by atoms with van der Waals surface area (Å²) >= 11 is 0. The number of primary amides is 1. The summed E-state index contributed by atoms with van der Waals surface area (Å²) in [6.07, 6.45) is -14.9. The average Bonchev–Trinajstić information content (AvgIpc) is 4.18. The third-order valence-electron chi connectivity index (χ3n) is 14.7. The highest BCUT2D eigenvalue weighted by atomic mass is 32.3. The zero-order valence-electron chi connectivity index (χ0n) is 45.9. The Labute approximate surface area is 481 Å². The molecule has 462 valence electrons. The number of carbonyl (C=O) groups is 8. The Morgan fingerprint density at radius 2 is 1.40 bits per heavy atom. The van der Waals surface area contributed by atoms with Gasteiger partial charge in [-0.3, -0.25) is 42.9 Å². The second kappa shape index (κ2) is 28.5. The van der Waals surface area contributed by atoms with E-state index in [1.54, 1.807) is 24.3 Å². The molecule has 0 aliphatic carbocycles. The van der Waals surface area contributed by atoms with Crippen LogP contribution < -0.4 is 41.2 Å². The summed E-state index contributed by atoms with van der Waals surface area (Å²) in [6, 6.07) is -1.20. The molecule has 8 amide bonds. The molecule has 0 aromatic heterocycles. The topological polar surface area (TPSA) is 484 Å². The van der Waals surface area contributed by atoms with Crippen LogP contribution in [0.3, 0.4) is 0 Å². The number of aliphatic hydroxyl groups is 8. The molecular weight excluding hydrogens is 1130 g/mol. The van der Waals surface area contributed by atoms with Gasteiger partial charge in [-0.15, -0.1) is 0 Å². The maximum atomic E-state index is 14.6. The van der Waals surface area contributed by atoms with Gasteiger partial charge in [0.15, 0.2) is 17.7 Å². The SMILES string of the molecule is CCCCCCCOc1ccc2cc(C(=O)N[C@@H]3C[C@@H](O)[C@@H](O)NC(=O)[C@@H]4[C@@H](O)[C@@H](C)CN4C(=O)[C@H]([C@H](O)CC(N)=O)NC(=O)[C@H]([C@H](O)[C@@H](O)c4ccc(O)c(OS(=O)(=O)O)c4)NC(=O)[C@@H]4C[C@@H](O)CN4C(=O)C([C@@H](C)O)NC3=O)ccc2c1. The van der Waals surface area contributed by atoms with Crippen LogP contribution in [0.15, 0.2) is 54.6 Å². The van der Waals surface area contributed by atoms with Crippen molar-refractivity contribution in [1.82, 2.24) is 36.4 Å². The van der Waals surface area contributed by atoms with Crippen molar-refractivity contribution in [3.05, 3.63) is 65.7 Å². The Morgan fingerprint density at radius 3 is 2.07 bits per heavy atom. The van der Waals surface area contributed by atoms with Gasteiger partial charge in [0.1, 0.15) is 60.3 Å². The molecule has 3 heterocycles. The van der Waals surface area contributed by atoms with Crippen molar-refractivity contribution in [2.45, 2.75) is 157 Å². The standard InChI is InChI=1S/C53H72N8O22S/c1-4-5-6-7-8-15-82-31-13-11-26-16-29(10-9-27(26)17-31)46(71)55-32-20-36(66)49(74)59-51(76)42-43(68)24(2)22-61(42)53(78)40(35(65)21-38(54)67)57-50(75)41(45(70)44(69)28-12-14-34(64)37(18-28)83-84(79,80)81)58-48(73)33-19-30(63)23-60(33)52(77)39(25(3)62)56-47(32)72/h9-14,16-18,24-25,30,32-33,35-36,39-45,49,62-66,68-70,74H,4-8,15,19-23H2,1-3H3,(H2,54,67)(H,55,71)(H,56,72)(H,57,75)(H,58,73)(H,59,76)(H,79,80,81)/t24-,25+,30+,32+,33-,35+,36+,39?,40-,41-,42-,43-,44-,45-,49+/m0/s1. The third-order valence-corrected chi connectivity index (χ3v) is 15.0. The Hall–Kier alpha value is -7.33. The van der Waals surface area contributed by atoms with Crippen LogP contribution in [-0.4, -0.2) is 215 Å². The number of amides is 8. The number of hydrogen-bond donors (Lipinski definition) is 16. The number of nitrogens with one attached hydrogen (secondary N) is 5. The molecule has 3 fully saturated rings.